The number of hydrogen-bond donors (Lipinski definition) is 0. The van der Waals surface area contributed by atoms with E-state index >= 15 is 0 Å². The van der Waals surface area contributed by atoms with Gasteiger partial charge >= 0.3 is 0 Å². The molecule has 116 valence electrons. The predicted octanol–water partition coefficient (Wildman–Crippen LogP) is 6.05. The van der Waals surface area contributed by atoms with Crippen molar-refractivity contribution in [3.05, 3.63) is 0 Å². The molecular formula is C16H37P3. The van der Waals surface area contributed by atoms with Gasteiger partial charge in [-0.05, 0) is 66.8 Å². The van der Waals surface area contributed by atoms with Crippen molar-refractivity contribution in [1.29, 1.82) is 0 Å². The summed E-state index contributed by atoms with van der Waals surface area (Å²) in [5.41, 5.74) is 0. The minimum Gasteiger partial charge on any atom is -0.131 e. The zero-order chi connectivity index (χ0) is 15.2. The minimum atomic E-state index is 0.401. The largest absolute Gasteiger partial charge is 0.131 e. The Kier molecular flexibility index (Phi) is 9.25. The second-order valence-electron chi connectivity index (χ2n) is 6.79. The van der Waals surface area contributed by atoms with Crippen molar-refractivity contribution in [2.24, 2.45) is 0 Å². The van der Waals surface area contributed by atoms with E-state index in [4.69, 9.17) is 0 Å². The van der Waals surface area contributed by atoms with Gasteiger partial charge in [0.1, 0.15) is 0 Å². The van der Waals surface area contributed by atoms with E-state index in [2.05, 4.69) is 62.3 Å². The van der Waals surface area contributed by atoms with E-state index in [9.17, 15) is 0 Å². The first-order chi connectivity index (χ1) is 8.66. The molecule has 0 aliphatic heterocycles. The lowest BCUT2D eigenvalue weighted by atomic mass is 9.86. The fourth-order valence-electron chi connectivity index (χ4n) is 2.40. The average molecular weight is 322 g/mol. The van der Waals surface area contributed by atoms with Gasteiger partial charge in [-0.15, -0.1) is 27.7 Å². The van der Waals surface area contributed by atoms with Gasteiger partial charge in [0.25, 0.3) is 0 Å². The van der Waals surface area contributed by atoms with Crippen molar-refractivity contribution in [3.63, 3.8) is 0 Å². The lowest BCUT2D eigenvalue weighted by molar-refractivity contribution is 0.396. The Morgan fingerprint density at radius 2 is 0.842 bits per heavy atom. The minimum absolute atomic E-state index is 0.401. The van der Waals surface area contributed by atoms with Crippen LogP contribution in [0.15, 0.2) is 0 Å². The van der Waals surface area contributed by atoms with Crippen LogP contribution in [0.2, 0.25) is 0 Å². The fraction of sp³-hybridized carbons (Fsp3) is 1.00. The molecular weight excluding hydrogens is 285 g/mol. The van der Waals surface area contributed by atoms with E-state index in [0.29, 0.717) is 15.5 Å². The Morgan fingerprint density at radius 3 is 1.05 bits per heavy atom. The van der Waals surface area contributed by atoms with Crippen molar-refractivity contribution >= 4 is 27.7 Å². The van der Waals surface area contributed by atoms with Gasteiger partial charge in [0.05, 0.1) is 0 Å². The zero-order valence-corrected chi connectivity index (χ0v) is 17.4. The summed E-state index contributed by atoms with van der Waals surface area (Å²) in [6.07, 6.45) is 10.4. The monoisotopic (exact) mass is 322 g/mol. The summed E-state index contributed by atoms with van der Waals surface area (Å²) in [5, 5.41) is 1.33. The maximum atomic E-state index is 3.14. The van der Waals surface area contributed by atoms with Gasteiger partial charge in [-0.3, -0.25) is 0 Å². The molecule has 0 saturated heterocycles. The maximum Gasteiger partial charge on any atom is -0.0155 e. The Labute approximate surface area is 129 Å². The quantitative estimate of drug-likeness (QED) is 0.430. The first-order valence-corrected chi connectivity index (χ1v) is 9.75. The summed E-state index contributed by atoms with van der Waals surface area (Å²) < 4.78 is 0. The summed E-state index contributed by atoms with van der Waals surface area (Å²) in [6, 6.07) is 0. The van der Waals surface area contributed by atoms with E-state index in [1.165, 1.54) is 51.4 Å². The molecule has 0 spiro atoms. The van der Waals surface area contributed by atoms with Gasteiger partial charge in [0.15, 0.2) is 0 Å². The van der Waals surface area contributed by atoms with Crippen molar-refractivity contribution in [1.82, 2.24) is 0 Å². The topological polar surface area (TPSA) is 0 Å². The molecule has 0 aromatic rings. The van der Waals surface area contributed by atoms with E-state index < -0.39 is 0 Å². The zero-order valence-electron chi connectivity index (χ0n) is 13.9. The Hall–Kier alpha value is 1.29. The summed E-state index contributed by atoms with van der Waals surface area (Å²) in [5.74, 6) is 0. The second kappa shape index (κ2) is 8.66. The van der Waals surface area contributed by atoms with Gasteiger partial charge in [-0.25, -0.2) is 0 Å². The third-order valence-corrected chi connectivity index (χ3v) is 7.99. The Bertz CT molecular complexity index is 216. The van der Waals surface area contributed by atoms with Crippen LogP contribution in [0.3, 0.4) is 0 Å². The van der Waals surface area contributed by atoms with Crippen LogP contribution in [0.4, 0.5) is 0 Å². The molecule has 19 heavy (non-hydrogen) atoms. The Balaban J connectivity index is 4.33. The molecule has 0 fully saturated rings. The molecule has 0 saturated carbocycles. The Morgan fingerprint density at radius 1 is 0.579 bits per heavy atom. The molecule has 0 aliphatic rings. The first kappa shape index (κ1) is 20.3. The fourth-order valence-corrected chi connectivity index (χ4v) is 2.98. The molecule has 0 heterocycles. The molecule has 0 radical (unpaired) electrons. The maximum absolute atomic E-state index is 3.14. The first-order valence-electron chi connectivity index (χ1n) is 8.02. The van der Waals surface area contributed by atoms with Gasteiger partial charge in [-0.2, -0.15) is 0 Å². The van der Waals surface area contributed by atoms with E-state index in [1.807, 2.05) is 0 Å². The lowest BCUT2D eigenvalue weighted by Crippen LogP contribution is -2.27. The van der Waals surface area contributed by atoms with E-state index in [-0.39, 0.29) is 0 Å². The molecule has 0 nitrogen and oxygen atoms in total. The molecule has 3 atom stereocenters. The second-order valence-corrected chi connectivity index (χ2v) is 10.6. The molecule has 0 aliphatic carbocycles. The molecule has 0 aromatic carbocycles. The van der Waals surface area contributed by atoms with Crippen LogP contribution in [0.5, 0.6) is 0 Å². The van der Waals surface area contributed by atoms with E-state index in [1.54, 1.807) is 0 Å². The van der Waals surface area contributed by atoms with Crippen molar-refractivity contribution in [2.45, 2.75) is 101 Å². The third kappa shape index (κ3) is 7.74. The van der Waals surface area contributed by atoms with Crippen LogP contribution in [-0.2, 0) is 0 Å². The predicted molar refractivity (Wildman–Crippen MR) is 103 cm³/mol. The van der Waals surface area contributed by atoms with Crippen molar-refractivity contribution < 1.29 is 0 Å². The normalized spacial score (nSPS) is 13.9. The molecule has 3 heteroatoms. The van der Waals surface area contributed by atoms with Gasteiger partial charge < -0.3 is 0 Å². The average Bonchev–Trinajstić information content (AvgIpc) is 2.42. The number of rotatable bonds is 10. The molecule has 0 N–H and O–H groups in total. The molecule has 0 rings (SSSR count). The number of hydrogen-bond acceptors (Lipinski definition) is 0. The smallest absolute Gasteiger partial charge is 0.0155 e. The van der Waals surface area contributed by atoms with Crippen LogP contribution >= 0.6 is 27.7 Å². The third-order valence-electron chi connectivity index (χ3n) is 5.20. The van der Waals surface area contributed by atoms with Gasteiger partial charge in [0.2, 0.25) is 0 Å². The van der Waals surface area contributed by atoms with Crippen LogP contribution in [0.25, 0.3) is 0 Å². The molecule has 0 aromatic heterocycles. The van der Waals surface area contributed by atoms with Crippen LogP contribution in [-0.4, -0.2) is 15.5 Å². The lowest BCUT2D eigenvalue weighted by Gasteiger charge is -2.35. The summed E-state index contributed by atoms with van der Waals surface area (Å²) >= 11 is 0. The highest BCUT2D eigenvalue weighted by Crippen LogP contribution is 2.41. The van der Waals surface area contributed by atoms with Crippen molar-refractivity contribution in [3.8, 4) is 0 Å². The summed E-state index contributed by atoms with van der Waals surface area (Å²) in [7, 11) is 9.36. The SMILES string of the molecule is CCC(P)(CC)CCC(C)(P)CCC(P)(CC)CC. The molecule has 0 bridgehead atoms. The van der Waals surface area contributed by atoms with Crippen LogP contribution in [0, 0.1) is 0 Å². The standard InChI is InChI=1S/C16H37P3/c1-6-15(18,7-2)12-10-14(5,17)11-13-16(19,8-3)9-4/h6-13,17-19H2,1-5H3. The van der Waals surface area contributed by atoms with Crippen LogP contribution < -0.4 is 0 Å². The van der Waals surface area contributed by atoms with E-state index in [0.717, 1.165) is 0 Å². The highest BCUT2D eigenvalue weighted by Gasteiger charge is 2.28. The van der Waals surface area contributed by atoms with Crippen molar-refractivity contribution in [2.75, 3.05) is 0 Å². The molecule has 0 amide bonds. The van der Waals surface area contributed by atoms with Gasteiger partial charge in [0, 0.05) is 0 Å². The highest BCUT2D eigenvalue weighted by molar-refractivity contribution is 7.19. The summed E-state index contributed by atoms with van der Waals surface area (Å²) in [4.78, 5) is 0. The van der Waals surface area contributed by atoms with Gasteiger partial charge in [-0.1, -0.05) is 34.6 Å². The molecule has 3 unspecified atom stereocenters. The highest BCUT2D eigenvalue weighted by atomic mass is 31.0. The van der Waals surface area contributed by atoms with Crippen LogP contribution in [0.1, 0.15) is 86.0 Å². The summed E-state index contributed by atoms with van der Waals surface area (Å²) in [6.45, 7) is 11.7.